The molecule has 2 rings (SSSR count). The highest BCUT2D eigenvalue weighted by Gasteiger charge is 2.25. The van der Waals surface area contributed by atoms with Crippen LogP contribution in [-0.2, 0) is 0 Å². The van der Waals surface area contributed by atoms with Crippen molar-refractivity contribution < 1.29 is 4.92 Å². The summed E-state index contributed by atoms with van der Waals surface area (Å²) in [5, 5.41) is 10.8. The van der Waals surface area contributed by atoms with Gasteiger partial charge in [-0.15, -0.1) is 0 Å². The molecule has 6 heteroatoms. The van der Waals surface area contributed by atoms with Crippen LogP contribution in [0.2, 0.25) is 0 Å². The zero-order valence-corrected chi connectivity index (χ0v) is 12.1. The highest BCUT2D eigenvalue weighted by molar-refractivity contribution is 5.51. The number of hydrogen-bond donors (Lipinski definition) is 1. The molecular formula is C14H22N4O2. The molecule has 110 valence electrons. The van der Waals surface area contributed by atoms with Crippen molar-refractivity contribution >= 4 is 11.5 Å². The second kappa shape index (κ2) is 6.17. The number of nitro groups is 1. The Labute approximate surface area is 119 Å². The van der Waals surface area contributed by atoms with E-state index in [0.717, 1.165) is 43.6 Å². The summed E-state index contributed by atoms with van der Waals surface area (Å²) >= 11 is 0. The van der Waals surface area contributed by atoms with Crippen LogP contribution in [0.5, 0.6) is 0 Å². The number of anilines is 1. The van der Waals surface area contributed by atoms with Crippen molar-refractivity contribution in [3.05, 3.63) is 27.9 Å². The number of hydrogen-bond acceptors (Lipinski definition) is 5. The van der Waals surface area contributed by atoms with Crippen LogP contribution in [0, 0.1) is 17.0 Å². The first kappa shape index (κ1) is 14.7. The lowest BCUT2D eigenvalue weighted by Gasteiger charge is -2.36. The van der Waals surface area contributed by atoms with Crippen LogP contribution in [0.3, 0.4) is 0 Å². The lowest BCUT2D eigenvalue weighted by atomic mass is 9.90. The van der Waals surface area contributed by atoms with Gasteiger partial charge >= 0.3 is 0 Å². The molecule has 6 nitrogen and oxygen atoms in total. The molecule has 0 amide bonds. The van der Waals surface area contributed by atoms with Gasteiger partial charge in [0, 0.05) is 24.7 Å². The van der Waals surface area contributed by atoms with Gasteiger partial charge in [0.25, 0.3) is 5.69 Å². The maximum Gasteiger partial charge on any atom is 0.287 e. The van der Waals surface area contributed by atoms with Crippen LogP contribution in [0.25, 0.3) is 0 Å². The molecule has 1 aromatic heterocycles. The maximum atomic E-state index is 10.8. The van der Waals surface area contributed by atoms with Crippen LogP contribution < -0.4 is 10.6 Å². The molecule has 0 radical (unpaired) electrons. The van der Waals surface area contributed by atoms with Gasteiger partial charge in [0.05, 0.1) is 4.92 Å². The average molecular weight is 278 g/mol. The number of nitrogens with zero attached hydrogens (tertiary/aromatic N) is 3. The van der Waals surface area contributed by atoms with Crippen molar-refractivity contribution in [3.63, 3.8) is 0 Å². The van der Waals surface area contributed by atoms with Crippen LogP contribution >= 0.6 is 0 Å². The van der Waals surface area contributed by atoms with Crippen molar-refractivity contribution in [2.24, 2.45) is 5.73 Å². The normalized spacial score (nSPS) is 22.6. The Morgan fingerprint density at radius 3 is 2.60 bits per heavy atom. The van der Waals surface area contributed by atoms with Gasteiger partial charge in [-0.2, -0.15) is 0 Å². The van der Waals surface area contributed by atoms with Gasteiger partial charge in [-0.1, -0.05) is 0 Å². The third kappa shape index (κ3) is 3.07. The molecule has 1 aliphatic rings. The summed E-state index contributed by atoms with van der Waals surface area (Å²) in [4.78, 5) is 16.9. The smallest absolute Gasteiger partial charge is 0.287 e. The van der Waals surface area contributed by atoms with Crippen molar-refractivity contribution in [2.45, 2.75) is 51.6 Å². The van der Waals surface area contributed by atoms with Gasteiger partial charge < -0.3 is 10.6 Å². The fraction of sp³-hybridized carbons (Fsp3) is 0.643. The summed E-state index contributed by atoms with van der Waals surface area (Å²) < 4.78 is 0. The van der Waals surface area contributed by atoms with E-state index < -0.39 is 4.92 Å². The van der Waals surface area contributed by atoms with Gasteiger partial charge in [-0.25, -0.2) is 4.98 Å². The van der Waals surface area contributed by atoms with Crippen molar-refractivity contribution in [2.75, 3.05) is 11.4 Å². The first-order valence-electron chi connectivity index (χ1n) is 7.16. The molecule has 0 saturated heterocycles. The molecule has 0 aromatic carbocycles. The zero-order valence-electron chi connectivity index (χ0n) is 12.1. The van der Waals surface area contributed by atoms with E-state index in [1.807, 2.05) is 6.92 Å². The third-order valence-corrected chi connectivity index (χ3v) is 4.04. The quantitative estimate of drug-likeness (QED) is 0.675. The minimum Gasteiger partial charge on any atom is -0.354 e. The first-order valence-corrected chi connectivity index (χ1v) is 7.16. The molecule has 1 saturated carbocycles. The minimum absolute atomic E-state index is 0.0490. The Balaban J connectivity index is 2.21. The van der Waals surface area contributed by atoms with Gasteiger partial charge in [-0.05, 0) is 45.1 Å². The standard InChI is InChI=1S/C14H22N4O2/c1-3-17(12-6-4-11(15)5-7-12)14-10(2)8-13(9-16-14)18(19)20/h8-9,11-12H,3-7,15H2,1-2H3. The van der Waals surface area contributed by atoms with Crippen LogP contribution in [0.15, 0.2) is 12.3 Å². The molecule has 1 fully saturated rings. The number of aromatic nitrogens is 1. The van der Waals surface area contributed by atoms with Gasteiger partial charge in [0.15, 0.2) is 0 Å². The summed E-state index contributed by atoms with van der Waals surface area (Å²) in [6.45, 7) is 4.83. The van der Waals surface area contributed by atoms with E-state index in [-0.39, 0.29) is 5.69 Å². The predicted octanol–water partition coefficient (Wildman–Crippen LogP) is 2.39. The molecule has 0 unspecified atom stereocenters. The Kier molecular flexibility index (Phi) is 4.54. The Morgan fingerprint density at radius 2 is 2.10 bits per heavy atom. The molecular weight excluding hydrogens is 256 g/mol. The highest BCUT2D eigenvalue weighted by atomic mass is 16.6. The number of pyridine rings is 1. The monoisotopic (exact) mass is 278 g/mol. The van der Waals surface area contributed by atoms with E-state index in [1.54, 1.807) is 6.07 Å². The van der Waals surface area contributed by atoms with E-state index in [2.05, 4.69) is 16.8 Å². The minimum atomic E-state index is -0.403. The van der Waals surface area contributed by atoms with Gasteiger partial charge in [-0.3, -0.25) is 10.1 Å². The second-order valence-corrected chi connectivity index (χ2v) is 5.45. The van der Waals surface area contributed by atoms with Crippen molar-refractivity contribution in [1.82, 2.24) is 4.98 Å². The Bertz CT molecular complexity index is 484. The summed E-state index contributed by atoms with van der Waals surface area (Å²) in [6.07, 6.45) is 5.54. The van der Waals surface area contributed by atoms with Crippen molar-refractivity contribution in [1.29, 1.82) is 0 Å². The molecule has 1 aliphatic carbocycles. The molecule has 2 N–H and O–H groups in total. The van der Waals surface area contributed by atoms with Gasteiger partial charge in [0.2, 0.25) is 0 Å². The maximum absolute atomic E-state index is 10.8. The Morgan fingerprint density at radius 1 is 1.45 bits per heavy atom. The molecule has 0 atom stereocenters. The van der Waals surface area contributed by atoms with Crippen molar-refractivity contribution in [3.8, 4) is 0 Å². The number of nitrogens with two attached hydrogens (primary N) is 1. The molecule has 0 aliphatic heterocycles. The van der Waals surface area contributed by atoms with E-state index >= 15 is 0 Å². The summed E-state index contributed by atoms with van der Waals surface area (Å²) in [5.74, 6) is 0.860. The fourth-order valence-corrected chi connectivity index (χ4v) is 2.95. The lowest BCUT2D eigenvalue weighted by Crippen LogP contribution is -2.41. The molecule has 1 heterocycles. The highest BCUT2D eigenvalue weighted by Crippen LogP contribution is 2.29. The number of aryl methyl sites for hydroxylation is 1. The summed E-state index contributed by atoms with van der Waals surface area (Å²) in [7, 11) is 0. The molecule has 1 aromatic rings. The van der Waals surface area contributed by atoms with E-state index in [9.17, 15) is 10.1 Å². The fourth-order valence-electron chi connectivity index (χ4n) is 2.95. The third-order valence-electron chi connectivity index (χ3n) is 4.04. The molecule has 0 bridgehead atoms. The van der Waals surface area contributed by atoms with E-state index in [4.69, 9.17) is 5.73 Å². The topological polar surface area (TPSA) is 85.3 Å². The summed E-state index contributed by atoms with van der Waals surface area (Å²) in [5.41, 5.74) is 6.86. The average Bonchev–Trinajstić information content (AvgIpc) is 2.43. The number of rotatable bonds is 4. The van der Waals surface area contributed by atoms with Crippen LogP contribution in [0.4, 0.5) is 11.5 Å². The van der Waals surface area contributed by atoms with Crippen LogP contribution in [-0.4, -0.2) is 28.5 Å². The predicted molar refractivity (Wildman–Crippen MR) is 78.9 cm³/mol. The van der Waals surface area contributed by atoms with Gasteiger partial charge in [0.1, 0.15) is 12.0 Å². The first-order chi connectivity index (χ1) is 9.52. The second-order valence-electron chi connectivity index (χ2n) is 5.45. The van der Waals surface area contributed by atoms with E-state index in [0.29, 0.717) is 12.1 Å². The van der Waals surface area contributed by atoms with Crippen LogP contribution in [0.1, 0.15) is 38.2 Å². The lowest BCUT2D eigenvalue weighted by molar-refractivity contribution is -0.385. The Hall–Kier alpha value is -1.69. The largest absolute Gasteiger partial charge is 0.354 e. The zero-order chi connectivity index (χ0) is 14.7. The van der Waals surface area contributed by atoms with E-state index in [1.165, 1.54) is 6.20 Å². The summed E-state index contributed by atoms with van der Waals surface area (Å²) in [6, 6.07) is 2.35. The molecule has 20 heavy (non-hydrogen) atoms. The SMILES string of the molecule is CCN(c1ncc([N+](=O)[O-])cc1C)C1CCC(N)CC1. The molecule has 0 spiro atoms.